The molecule has 4 aliphatic carbocycles. The molecule has 0 aromatic heterocycles. The third-order valence-electron chi connectivity index (χ3n) is 11.9. The quantitative estimate of drug-likeness (QED) is 0.234. The maximum Gasteiger partial charge on any atom is 0.0774 e. The summed E-state index contributed by atoms with van der Waals surface area (Å²) in [5.74, 6) is 5.33. The summed E-state index contributed by atoms with van der Waals surface area (Å²) in [7, 11) is 0.159. The molecule has 40 heavy (non-hydrogen) atoms. The monoisotopic (exact) mass is 614 g/mol. The lowest BCUT2D eigenvalue weighted by Gasteiger charge is -2.62. The van der Waals surface area contributed by atoms with E-state index in [-0.39, 0.29) is 7.92 Å². The molecule has 4 saturated carbocycles. The van der Waals surface area contributed by atoms with Crippen LogP contribution in [-0.4, -0.2) is 47.0 Å². The molecular weight excluding hydrogens is 555 g/mol. The van der Waals surface area contributed by atoms with Crippen LogP contribution >= 0.6 is 17.2 Å². The standard InChI is InChI=1S/C34H60N2P2Si2/c1-39(2,3)30-18-27(23-38(32-11-7-9-13-35-32)33-12-8-10-14-36-33)28(19-31(30)40(4,5)6)34-20-24-15-25(21-34)17-26(16-24)29(34)22-37/h18-19,24-26,29,32-33,35-36H,7-17,20-23,37H2,1-6H3. The average Bonchev–Trinajstić information content (AvgIpc) is 2.91. The molecule has 6 unspecified atom stereocenters. The fourth-order valence-corrected chi connectivity index (χ4v) is 19.6. The Kier molecular flexibility index (Phi) is 8.94. The highest BCUT2D eigenvalue weighted by Gasteiger charge is 2.57. The van der Waals surface area contributed by atoms with Crippen LogP contribution in [0.3, 0.4) is 0 Å². The predicted molar refractivity (Wildman–Crippen MR) is 188 cm³/mol. The van der Waals surface area contributed by atoms with Crippen molar-refractivity contribution in [1.29, 1.82) is 0 Å². The Morgan fingerprint density at radius 1 is 0.800 bits per heavy atom. The first-order valence-electron chi connectivity index (χ1n) is 17.1. The number of piperidine rings is 2. The number of hydrogen-bond acceptors (Lipinski definition) is 2. The topological polar surface area (TPSA) is 24.1 Å². The van der Waals surface area contributed by atoms with Crippen molar-refractivity contribution in [1.82, 2.24) is 10.6 Å². The first-order valence-corrected chi connectivity index (χ1v) is 26.6. The van der Waals surface area contributed by atoms with Crippen LogP contribution in [0.2, 0.25) is 39.3 Å². The van der Waals surface area contributed by atoms with Gasteiger partial charge in [0, 0.05) is 11.6 Å². The lowest BCUT2D eigenvalue weighted by atomic mass is 9.43. The van der Waals surface area contributed by atoms with Gasteiger partial charge in [0.2, 0.25) is 0 Å². The molecule has 6 heteroatoms. The van der Waals surface area contributed by atoms with Crippen molar-refractivity contribution in [2.24, 2.45) is 23.7 Å². The fraction of sp³-hybridized carbons (Fsp3) is 0.824. The number of benzene rings is 1. The average molecular weight is 615 g/mol. The van der Waals surface area contributed by atoms with Gasteiger partial charge in [-0.3, -0.25) is 0 Å². The van der Waals surface area contributed by atoms with Crippen LogP contribution in [-0.2, 0) is 11.6 Å². The first kappa shape index (κ1) is 30.5. The SMILES string of the molecule is C[Si](C)(C)c1cc(CP(C2CCCCN2)C2CCCCN2)c(C23CC4CC(CC(C4)C2CP)C3)cc1[Si](C)(C)C. The molecule has 0 amide bonds. The van der Waals surface area contributed by atoms with Crippen molar-refractivity contribution in [3.63, 3.8) is 0 Å². The van der Waals surface area contributed by atoms with Crippen LogP contribution in [0.25, 0.3) is 0 Å². The van der Waals surface area contributed by atoms with Crippen molar-refractivity contribution in [3.8, 4) is 0 Å². The van der Waals surface area contributed by atoms with Crippen molar-refractivity contribution in [3.05, 3.63) is 23.3 Å². The number of rotatable bonds is 8. The minimum atomic E-state index is -1.48. The molecule has 0 spiro atoms. The Labute approximate surface area is 252 Å². The van der Waals surface area contributed by atoms with Gasteiger partial charge < -0.3 is 10.6 Å². The van der Waals surface area contributed by atoms with Crippen molar-refractivity contribution in [2.75, 3.05) is 19.3 Å². The molecule has 6 fully saturated rings. The summed E-state index contributed by atoms with van der Waals surface area (Å²) in [5.41, 5.74) is 4.16. The van der Waals surface area contributed by atoms with Gasteiger partial charge in [-0.25, -0.2) is 0 Å². The molecule has 2 heterocycles. The van der Waals surface area contributed by atoms with E-state index in [1.54, 1.807) is 0 Å². The fourth-order valence-electron chi connectivity index (χ4n) is 10.3. The molecule has 2 nitrogen and oxygen atoms in total. The van der Waals surface area contributed by atoms with E-state index < -0.39 is 16.1 Å². The Bertz CT molecular complexity index is 1020. The highest BCUT2D eigenvalue weighted by molar-refractivity contribution is 7.58. The molecule has 6 aliphatic rings. The van der Waals surface area contributed by atoms with Crippen LogP contribution in [0, 0.1) is 23.7 Å². The summed E-state index contributed by atoms with van der Waals surface area (Å²) >= 11 is 0. The largest absolute Gasteiger partial charge is 0.310 e. The molecular formula is C34H60N2P2Si2. The van der Waals surface area contributed by atoms with Gasteiger partial charge in [0.05, 0.1) is 16.1 Å². The van der Waals surface area contributed by atoms with E-state index in [4.69, 9.17) is 0 Å². The summed E-state index contributed by atoms with van der Waals surface area (Å²) in [4.78, 5) is 0. The van der Waals surface area contributed by atoms with Gasteiger partial charge in [-0.2, -0.15) is 0 Å². The zero-order valence-electron chi connectivity index (χ0n) is 26.7. The Morgan fingerprint density at radius 2 is 1.35 bits per heavy atom. The highest BCUT2D eigenvalue weighted by Crippen LogP contribution is 2.65. The lowest BCUT2D eigenvalue weighted by molar-refractivity contribution is -0.0520. The third kappa shape index (κ3) is 5.79. The van der Waals surface area contributed by atoms with E-state index in [1.807, 2.05) is 21.5 Å². The van der Waals surface area contributed by atoms with Crippen molar-refractivity contribution in [2.45, 2.75) is 133 Å². The zero-order chi connectivity index (χ0) is 28.3. The molecule has 7 rings (SSSR count). The predicted octanol–water partition coefficient (Wildman–Crippen LogP) is 7.53. The normalized spacial score (nSPS) is 37.1. The van der Waals surface area contributed by atoms with Gasteiger partial charge in [0.1, 0.15) is 0 Å². The summed E-state index contributed by atoms with van der Waals surface area (Å²) in [6.07, 6.45) is 18.6. The van der Waals surface area contributed by atoms with Gasteiger partial charge in [-0.1, -0.05) is 82.6 Å². The molecule has 1 aromatic rings. The van der Waals surface area contributed by atoms with Crippen molar-refractivity contribution < 1.29 is 0 Å². The van der Waals surface area contributed by atoms with Crippen molar-refractivity contribution >= 4 is 43.7 Å². The third-order valence-corrected chi connectivity index (χ3v) is 19.9. The Balaban J connectivity index is 1.51. The minimum absolute atomic E-state index is 0.136. The number of nitrogens with one attached hydrogen (secondary N) is 2. The van der Waals surface area contributed by atoms with Gasteiger partial charge in [0.25, 0.3) is 0 Å². The van der Waals surface area contributed by atoms with Gasteiger partial charge >= 0.3 is 0 Å². The maximum atomic E-state index is 4.09. The van der Waals surface area contributed by atoms with Crippen LogP contribution < -0.4 is 21.0 Å². The summed E-state index contributed by atoms with van der Waals surface area (Å²) in [6, 6.07) is 5.83. The molecule has 224 valence electrons. The summed E-state index contributed by atoms with van der Waals surface area (Å²) in [5, 5.41) is 11.8. The van der Waals surface area contributed by atoms with Crippen LogP contribution in [0.15, 0.2) is 12.1 Å². The summed E-state index contributed by atoms with van der Waals surface area (Å²) < 4.78 is 0. The first-order chi connectivity index (χ1) is 19.0. The molecule has 2 aliphatic heterocycles. The van der Waals surface area contributed by atoms with E-state index in [9.17, 15) is 0 Å². The van der Waals surface area contributed by atoms with E-state index >= 15 is 0 Å². The van der Waals surface area contributed by atoms with Gasteiger partial charge in [0.15, 0.2) is 0 Å². The molecule has 1 aromatic carbocycles. The molecule has 2 N–H and O–H groups in total. The van der Waals surface area contributed by atoms with Crippen LogP contribution in [0.5, 0.6) is 0 Å². The van der Waals surface area contributed by atoms with E-state index in [0.29, 0.717) is 5.41 Å². The van der Waals surface area contributed by atoms with Crippen LogP contribution in [0.4, 0.5) is 0 Å². The zero-order valence-corrected chi connectivity index (χ0v) is 30.8. The molecule has 6 atom stereocenters. The van der Waals surface area contributed by atoms with Gasteiger partial charge in [-0.05, 0) is 123 Å². The second-order valence-corrected chi connectivity index (χ2v) is 29.9. The maximum absolute atomic E-state index is 4.09. The lowest BCUT2D eigenvalue weighted by Crippen LogP contribution is -2.59. The second-order valence-electron chi connectivity index (χ2n) is 16.8. The number of hydrogen-bond donors (Lipinski definition) is 2. The van der Waals surface area contributed by atoms with Gasteiger partial charge in [-0.15, -0.1) is 9.24 Å². The molecule has 2 saturated heterocycles. The smallest absolute Gasteiger partial charge is 0.0774 e. The molecule has 4 bridgehead atoms. The summed E-state index contributed by atoms with van der Waals surface area (Å²) in [6.45, 7) is 18.2. The Morgan fingerprint density at radius 3 is 1.82 bits per heavy atom. The van der Waals surface area contributed by atoms with Crippen LogP contribution in [0.1, 0.15) is 81.8 Å². The van der Waals surface area contributed by atoms with E-state index in [1.165, 1.54) is 96.0 Å². The second kappa shape index (κ2) is 11.7. The van der Waals surface area contributed by atoms with E-state index in [2.05, 4.69) is 71.3 Å². The van der Waals surface area contributed by atoms with E-state index in [0.717, 1.165) is 35.2 Å². The molecule has 0 radical (unpaired) electrons. The Hall–Kier alpha value is 0.434. The minimum Gasteiger partial charge on any atom is -0.310 e. The highest BCUT2D eigenvalue weighted by atomic mass is 31.1.